The molecule has 1 aromatic carbocycles. The molecule has 60 valence electrons. The molecule has 0 spiro atoms. The molecule has 2 nitrogen and oxygen atoms in total. The van der Waals surface area contributed by atoms with Crippen LogP contribution in [0.1, 0.15) is 0 Å². The Labute approximate surface area is 76.7 Å². The monoisotopic (exact) mass is 263 g/mol. The van der Waals surface area contributed by atoms with Crippen LogP contribution in [-0.4, -0.2) is 22.1 Å². The quantitative estimate of drug-likeness (QED) is 0.327. The van der Waals surface area contributed by atoms with Gasteiger partial charge < -0.3 is 0 Å². The summed E-state index contributed by atoms with van der Waals surface area (Å²) in [5.41, 5.74) is 0.655. The molecule has 0 aliphatic carbocycles. The summed E-state index contributed by atoms with van der Waals surface area (Å²) < 4.78 is 1.10. The third kappa shape index (κ3) is 2.18. The van der Waals surface area contributed by atoms with Crippen molar-refractivity contribution in [3.63, 3.8) is 0 Å². The predicted octanol–water partition coefficient (Wildman–Crippen LogP) is -3.75. The molecule has 0 aromatic heterocycles. The number of hydrogen-bond acceptors (Lipinski definition) is 2. The third-order valence-corrected chi connectivity index (χ3v) is 3.53. The fraction of sp³-hybridized carbons (Fsp3) is 0.143. The van der Waals surface area contributed by atoms with Gasteiger partial charge in [-0.3, -0.25) is 0 Å². The molecule has 0 fully saturated rings. The Balaban J connectivity index is 3.02. The molecule has 0 atom stereocenters. The van der Waals surface area contributed by atoms with Crippen molar-refractivity contribution in [2.45, 2.75) is 0 Å². The van der Waals surface area contributed by atoms with E-state index in [1.165, 1.54) is 0 Å². The van der Waals surface area contributed by atoms with Crippen molar-refractivity contribution >= 4 is 12.6 Å². The number of rotatable bonds is 2. The van der Waals surface area contributed by atoms with Crippen molar-refractivity contribution in [1.82, 2.24) is 0 Å². The summed E-state index contributed by atoms with van der Waals surface area (Å²) in [5, 5.41) is 17.8. The number of benzene rings is 1. The van der Waals surface area contributed by atoms with Crippen LogP contribution < -0.4 is 26.7 Å². The standard InChI is InChI=1S/C7H9BIO2/c1-9-7-5-3-2-4-6(7)8(10)11/h2-5,10-11H,1H3/q-1. The van der Waals surface area contributed by atoms with Gasteiger partial charge in [0.05, 0.1) is 0 Å². The van der Waals surface area contributed by atoms with Gasteiger partial charge in [0.15, 0.2) is 0 Å². The van der Waals surface area contributed by atoms with E-state index in [4.69, 9.17) is 10.0 Å². The van der Waals surface area contributed by atoms with Gasteiger partial charge in [0.1, 0.15) is 0 Å². The fourth-order valence-electron chi connectivity index (χ4n) is 0.857. The first-order chi connectivity index (χ1) is 5.25. The normalized spacial score (nSPS) is 10.1. The van der Waals surface area contributed by atoms with E-state index in [-0.39, 0.29) is 21.2 Å². The minimum absolute atomic E-state index is 0.0659. The zero-order chi connectivity index (χ0) is 8.27. The first kappa shape index (κ1) is 9.03. The topological polar surface area (TPSA) is 40.5 Å². The molecule has 0 aliphatic rings. The van der Waals surface area contributed by atoms with Crippen LogP contribution in [0.5, 0.6) is 0 Å². The second-order valence-electron chi connectivity index (χ2n) is 2.08. The van der Waals surface area contributed by atoms with Gasteiger partial charge in [-0.15, -0.1) is 0 Å². The summed E-state index contributed by atoms with van der Waals surface area (Å²) in [5.74, 6) is 0. The molecule has 0 bridgehead atoms. The van der Waals surface area contributed by atoms with E-state index >= 15 is 0 Å². The molecule has 1 aromatic rings. The number of halogens is 1. The Kier molecular flexibility index (Phi) is 3.35. The van der Waals surface area contributed by atoms with E-state index in [2.05, 4.69) is 4.93 Å². The molecule has 0 amide bonds. The summed E-state index contributed by atoms with van der Waals surface area (Å²) >= 11 is -0.0659. The zero-order valence-corrected chi connectivity index (χ0v) is 8.32. The van der Waals surface area contributed by atoms with Crippen molar-refractivity contribution < 1.29 is 31.3 Å². The van der Waals surface area contributed by atoms with Crippen LogP contribution >= 0.6 is 0 Å². The van der Waals surface area contributed by atoms with Gasteiger partial charge in [-0.05, 0) is 0 Å². The van der Waals surface area contributed by atoms with Gasteiger partial charge in [0.25, 0.3) is 0 Å². The van der Waals surface area contributed by atoms with Crippen molar-refractivity contribution in [3.8, 4) is 0 Å². The Bertz CT molecular complexity index is 240. The maximum atomic E-state index is 8.91. The van der Waals surface area contributed by atoms with E-state index in [0.29, 0.717) is 5.46 Å². The molecule has 0 radical (unpaired) electrons. The summed E-state index contributed by atoms with van der Waals surface area (Å²) in [4.78, 5) is 2.10. The average molecular weight is 263 g/mol. The van der Waals surface area contributed by atoms with Crippen LogP contribution in [0.2, 0.25) is 0 Å². The molecule has 1 rings (SSSR count). The van der Waals surface area contributed by atoms with E-state index in [1.54, 1.807) is 6.07 Å². The minimum atomic E-state index is -1.31. The Morgan fingerprint density at radius 1 is 1.27 bits per heavy atom. The van der Waals surface area contributed by atoms with Crippen molar-refractivity contribution in [2.24, 2.45) is 0 Å². The summed E-state index contributed by atoms with van der Waals surface area (Å²) in [6.07, 6.45) is 0. The van der Waals surface area contributed by atoms with Gasteiger partial charge >= 0.3 is 76.6 Å². The van der Waals surface area contributed by atoms with Gasteiger partial charge in [0.2, 0.25) is 0 Å². The van der Waals surface area contributed by atoms with E-state index in [0.717, 1.165) is 3.57 Å². The molecular formula is C7H9BIO2-. The summed E-state index contributed by atoms with van der Waals surface area (Å²) in [6, 6.07) is 7.44. The molecule has 0 saturated heterocycles. The first-order valence-corrected chi connectivity index (χ1v) is 6.44. The van der Waals surface area contributed by atoms with Crippen LogP contribution in [0, 0.1) is 3.57 Å². The molecular weight excluding hydrogens is 254 g/mol. The third-order valence-electron chi connectivity index (χ3n) is 1.39. The van der Waals surface area contributed by atoms with Crippen molar-refractivity contribution in [1.29, 1.82) is 0 Å². The van der Waals surface area contributed by atoms with E-state index in [9.17, 15) is 0 Å². The van der Waals surface area contributed by atoms with Crippen molar-refractivity contribution in [2.75, 3.05) is 4.93 Å². The second kappa shape index (κ2) is 4.08. The fourth-order valence-corrected chi connectivity index (χ4v) is 2.50. The van der Waals surface area contributed by atoms with Crippen LogP contribution in [0.15, 0.2) is 24.3 Å². The van der Waals surface area contributed by atoms with Gasteiger partial charge in [-0.25, -0.2) is 0 Å². The average Bonchev–Trinajstić information content (AvgIpc) is 2.04. The molecule has 0 heterocycles. The van der Waals surface area contributed by atoms with Crippen LogP contribution in [0.4, 0.5) is 0 Å². The second-order valence-corrected chi connectivity index (χ2v) is 4.33. The molecule has 0 unspecified atom stereocenters. The zero-order valence-electron chi connectivity index (χ0n) is 6.16. The SMILES string of the molecule is C[I-]c1ccccc1B(O)O. The Morgan fingerprint density at radius 2 is 1.91 bits per heavy atom. The Hall–Kier alpha value is -0.0651. The van der Waals surface area contributed by atoms with Gasteiger partial charge in [-0.2, -0.15) is 0 Å². The molecule has 2 N–H and O–H groups in total. The van der Waals surface area contributed by atoms with E-state index < -0.39 is 7.12 Å². The molecule has 4 heteroatoms. The van der Waals surface area contributed by atoms with E-state index in [1.807, 2.05) is 18.2 Å². The van der Waals surface area contributed by atoms with Crippen molar-refractivity contribution in [3.05, 3.63) is 27.8 Å². The first-order valence-electron chi connectivity index (χ1n) is 3.20. The molecule has 0 aliphatic heterocycles. The Morgan fingerprint density at radius 3 is 2.36 bits per heavy atom. The van der Waals surface area contributed by atoms with Gasteiger partial charge in [-0.1, -0.05) is 0 Å². The van der Waals surface area contributed by atoms with Gasteiger partial charge in [0, 0.05) is 0 Å². The summed E-state index contributed by atoms with van der Waals surface area (Å²) in [6.45, 7) is 0. The van der Waals surface area contributed by atoms with Crippen LogP contribution in [0.25, 0.3) is 0 Å². The summed E-state index contributed by atoms with van der Waals surface area (Å²) in [7, 11) is -1.31. The molecule has 0 saturated carbocycles. The number of alkyl halides is 1. The maximum absolute atomic E-state index is 8.91. The predicted molar refractivity (Wildman–Crippen MR) is 40.9 cm³/mol. The van der Waals surface area contributed by atoms with Crippen LogP contribution in [-0.2, 0) is 0 Å². The molecule has 11 heavy (non-hydrogen) atoms. The number of hydrogen-bond donors (Lipinski definition) is 2. The van der Waals surface area contributed by atoms with Crippen LogP contribution in [0.3, 0.4) is 0 Å².